The van der Waals surface area contributed by atoms with Gasteiger partial charge < -0.3 is 5.32 Å². The van der Waals surface area contributed by atoms with Crippen molar-refractivity contribution in [2.24, 2.45) is 7.05 Å². The summed E-state index contributed by atoms with van der Waals surface area (Å²) in [5.74, 6) is 0.142. The van der Waals surface area contributed by atoms with Gasteiger partial charge in [0.2, 0.25) is 5.91 Å². The molecule has 0 spiro atoms. The van der Waals surface area contributed by atoms with Crippen LogP contribution in [0.1, 0.15) is 41.8 Å². The zero-order valence-electron chi connectivity index (χ0n) is 16.3. The number of nitrogens with zero attached hydrogens (tertiary/aromatic N) is 2. The first-order valence-electron chi connectivity index (χ1n) is 9.63. The Morgan fingerprint density at radius 1 is 1.31 bits per heavy atom. The molecule has 0 saturated heterocycles. The third-order valence-electron chi connectivity index (χ3n) is 5.24. The molecule has 1 aliphatic carbocycles. The van der Waals surface area contributed by atoms with E-state index in [1.165, 1.54) is 28.6 Å². The number of halogens is 1. The minimum Gasteiger partial charge on any atom is -0.349 e. The summed E-state index contributed by atoms with van der Waals surface area (Å²) in [7, 11) is 1.74. The average Bonchev–Trinajstić information content (AvgIpc) is 3.08. The average molecular weight is 492 g/mol. The quantitative estimate of drug-likeness (QED) is 0.418. The van der Waals surface area contributed by atoms with E-state index in [9.17, 15) is 9.59 Å². The van der Waals surface area contributed by atoms with Crippen LogP contribution in [0.2, 0.25) is 0 Å². The van der Waals surface area contributed by atoms with Crippen LogP contribution in [0.3, 0.4) is 0 Å². The molecule has 152 valence electrons. The second kappa shape index (κ2) is 8.62. The Bertz CT molecular complexity index is 1120. The molecule has 2 aromatic heterocycles. The summed E-state index contributed by atoms with van der Waals surface area (Å²) in [4.78, 5) is 32.2. The number of aryl methyl sites for hydroxylation is 2. The normalized spacial score (nSPS) is 14.6. The fourth-order valence-electron chi connectivity index (χ4n) is 3.64. The van der Waals surface area contributed by atoms with E-state index in [1.54, 1.807) is 23.0 Å². The SMILES string of the molecule is CC(NC(=O)CSc1nc2sc3c(c2c(=O)n1C)CCCC3)c1ccc(Br)cc1. The van der Waals surface area contributed by atoms with Crippen molar-refractivity contribution < 1.29 is 4.79 Å². The monoisotopic (exact) mass is 491 g/mol. The van der Waals surface area contributed by atoms with E-state index in [0.717, 1.165) is 39.5 Å². The van der Waals surface area contributed by atoms with Crippen LogP contribution in [0.5, 0.6) is 0 Å². The highest BCUT2D eigenvalue weighted by molar-refractivity contribution is 9.10. The summed E-state index contributed by atoms with van der Waals surface area (Å²) < 4.78 is 2.59. The number of carbonyl (C=O) groups is 1. The Kier molecular flexibility index (Phi) is 6.13. The number of rotatable bonds is 5. The molecule has 1 atom stereocenters. The highest BCUT2D eigenvalue weighted by Gasteiger charge is 2.21. The van der Waals surface area contributed by atoms with Gasteiger partial charge in [-0.1, -0.05) is 39.8 Å². The molecule has 1 unspecified atom stereocenters. The molecule has 1 N–H and O–H groups in total. The lowest BCUT2D eigenvalue weighted by Crippen LogP contribution is -2.28. The number of amides is 1. The standard InChI is InChI=1S/C21H22BrN3O2S2/c1-12(13-7-9-14(22)10-8-13)23-17(26)11-28-21-24-19-18(20(27)25(21)2)15-5-3-4-6-16(15)29-19/h7-10,12H,3-6,11H2,1-2H3,(H,23,26). The smallest absolute Gasteiger partial charge is 0.262 e. The number of benzene rings is 1. The summed E-state index contributed by atoms with van der Waals surface area (Å²) >= 11 is 6.37. The topological polar surface area (TPSA) is 64.0 Å². The second-order valence-electron chi connectivity index (χ2n) is 7.28. The van der Waals surface area contributed by atoms with Gasteiger partial charge in [-0.3, -0.25) is 14.2 Å². The number of thiophene rings is 1. The van der Waals surface area contributed by atoms with Gasteiger partial charge in [0.25, 0.3) is 5.56 Å². The minimum absolute atomic E-state index is 0.000499. The van der Waals surface area contributed by atoms with Crippen LogP contribution in [0.15, 0.2) is 38.7 Å². The van der Waals surface area contributed by atoms with Crippen molar-refractivity contribution in [1.29, 1.82) is 0 Å². The number of thioether (sulfide) groups is 1. The molecule has 0 bridgehead atoms. The highest BCUT2D eigenvalue weighted by atomic mass is 79.9. The zero-order valence-corrected chi connectivity index (χ0v) is 19.5. The van der Waals surface area contributed by atoms with E-state index in [1.807, 2.05) is 31.2 Å². The van der Waals surface area contributed by atoms with E-state index >= 15 is 0 Å². The minimum atomic E-state index is -0.0838. The van der Waals surface area contributed by atoms with Gasteiger partial charge in [-0.15, -0.1) is 11.3 Å². The van der Waals surface area contributed by atoms with Gasteiger partial charge >= 0.3 is 0 Å². The van der Waals surface area contributed by atoms with Gasteiger partial charge in [0.15, 0.2) is 5.16 Å². The molecule has 0 saturated carbocycles. The lowest BCUT2D eigenvalue weighted by molar-refractivity contribution is -0.119. The van der Waals surface area contributed by atoms with Gasteiger partial charge in [0, 0.05) is 16.4 Å². The maximum absolute atomic E-state index is 12.9. The number of fused-ring (bicyclic) bond motifs is 3. The van der Waals surface area contributed by atoms with Crippen LogP contribution in [-0.2, 0) is 24.7 Å². The Morgan fingerprint density at radius 3 is 2.79 bits per heavy atom. The van der Waals surface area contributed by atoms with Gasteiger partial charge in [-0.05, 0) is 55.9 Å². The molecule has 3 aromatic rings. The lowest BCUT2D eigenvalue weighted by atomic mass is 9.97. The summed E-state index contributed by atoms with van der Waals surface area (Å²) in [6, 6.07) is 7.81. The van der Waals surface area contributed by atoms with E-state index in [0.29, 0.717) is 5.16 Å². The first-order chi connectivity index (χ1) is 13.9. The molecule has 1 aromatic carbocycles. The first-order valence-corrected chi connectivity index (χ1v) is 12.2. The number of carbonyl (C=O) groups excluding carboxylic acids is 1. The van der Waals surface area contributed by atoms with Crippen molar-refractivity contribution in [2.45, 2.75) is 43.8 Å². The molecule has 0 radical (unpaired) electrons. The summed E-state index contributed by atoms with van der Waals surface area (Å²) in [6.45, 7) is 1.96. The third kappa shape index (κ3) is 4.29. The maximum Gasteiger partial charge on any atom is 0.262 e. The third-order valence-corrected chi connectivity index (χ3v) is 7.98. The Morgan fingerprint density at radius 2 is 2.03 bits per heavy atom. The summed E-state index contributed by atoms with van der Waals surface area (Å²) in [6.07, 6.45) is 4.32. The van der Waals surface area contributed by atoms with Crippen LogP contribution >= 0.6 is 39.0 Å². The molecular weight excluding hydrogens is 470 g/mol. The van der Waals surface area contributed by atoms with Crippen molar-refractivity contribution in [2.75, 3.05) is 5.75 Å². The number of hydrogen-bond donors (Lipinski definition) is 1. The van der Waals surface area contributed by atoms with Crippen LogP contribution in [0.25, 0.3) is 10.2 Å². The van der Waals surface area contributed by atoms with Gasteiger partial charge in [0.1, 0.15) is 4.83 Å². The predicted molar refractivity (Wildman–Crippen MR) is 123 cm³/mol. The van der Waals surface area contributed by atoms with E-state index < -0.39 is 0 Å². The molecule has 4 rings (SSSR count). The van der Waals surface area contributed by atoms with Gasteiger partial charge in [-0.25, -0.2) is 4.98 Å². The van der Waals surface area contributed by atoms with Crippen molar-refractivity contribution >= 4 is 55.2 Å². The molecule has 0 fully saturated rings. The fourth-order valence-corrected chi connectivity index (χ4v) is 5.99. The predicted octanol–water partition coefficient (Wildman–Crippen LogP) is 4.61. The van der Waals surface area contributed by atoms with Crippen LogP contribution in [-0.4, -0.2) is 21.2 Å². The Labute approximate surface area is 186 Å². The second-order valence-corrected chi connectivity index (χ2v) is 10.2. The van der Waals surface area contributed by atoms with Crippen molar-refractivity contribution in [3.8, 4) is 0 Å². The van der Waals surface area contributed by atoms with Crippen molar-refractivity contribution in [3.05, 3.63) is 55.1 Å². The van der Waals surface area contributed by atoms with Crippen LogP contribution < -0.4 is 10.9 Å². The fraction of sp³-hybridized carbons (Fsp3) is 0.381. The molecule has 1 amide bonds. The van der Waals surface area contributed by atoms with Gasteiger partial charge in [0.05, 0.1) is 17.2 Å². The van der Waals surface area contributed by atoms with Crippen LogP contribution in [0.4, 0.5) is 0 Å². The van der Waals surface area contributed by atoms with E-state index in [2.05, 4.69) is 21.2 Å². The molecule has 2 heterocycles. The highest BCUT2D eigenvalue weighted by Crippen LogP contribution is 2.34. The Balaban J connectivity index is 1.48. The number of aromatic nitrogens is 2. The molecule has 8 heteroatoms. The molecule has 5 nitrogen and oxygen atoms in total. The summed E-state index contributed by atoms with van der Waals surface area (Å²) in [5.41, 5.74) is 2.24. The summed E-state index contributed by atoms with van der Waals surface area (Å²) in [5, 5.41) is 4.38. The zero-order chi connectivity index (χ0) is 20.5. The molecule has 29 heavy (non-hydrogen) atoms. The lowest BCUT2D eigenvalue weighted by Gasteiger charge is -2.14. The van der Waals surface area contributed by atoms with Crippen LogP contribution in [0, 0.1) is 0 Å². The molecule has 0 aliphatic heterocycles. The van der Waals surface area contributed by atoms with Crippen molar-refractivity contribution in [3.63, 3.8) is 0 Å². The molecule has 1 aliphatic rings. The largest absolute Gasteiger partial charge is 0.349 e. The first kappa shape index (κ1) is 20.6. The van der Waals surface area contributed by atoms with Gasteiger partial charge in [-0.2, -0.15) is 0 Å². The van der Waals surface area contributed by atoms with E-state index in [4.69, 9.17) is 4.98 Å². The van der Waals surface area contributed by atoms with Crippen molar-refractivity contribution in [1.82, 2.24) is 14.9 Å². The Hall–Kier alpha value is -1.64. The number of hydrogen-bond acceptors (Lipinski definition) is 5. The number of nitrogens with one attached hydrogen (secondary N) is 1. The maximum atomic E-state index is 12.9. The van der Waals surface area contributed by atoms with E-state index in [-0.39, 0.29) is 23.3 Å². The molecular formula is C21H22BrN3O2S2.